The summed E-state index contributed by atoms with van der Waals surface area (Å²) in [6.07, 6.45) is 0.792. The fourth-order valence-electron chi connectivity index (χ4n) is 1.89. The molecule has 0 fully saturated rings. The Balaban J connectivity index is 2.64. The molecule has 0 unspecified atom stereocenters. The molecule has 0 aromatic heterocycles. The third kappa shape index (κ3) is 1.50. The molecule has 3 heteroatoms. The fourth-order valence-corrected chi connectivity index (χ4v) is 2.06. The van der Waals surface area contributed by atoms with E-state index in [0.717, 1.165) is 17.1 Å². The molecule has 1 aliphatic heterocycles. The van der Waals surface area contributed by atoms with Gasteiger partial charge in [0.15, 0.2) is 0 Å². The Morgan fingerprint density at radius 3 is 2.86 bits per heavy atom. The fraction of sp³-hybridized carbons (Fsp3) is 0.364. The second-order valence-corrected chi connectivity index (χ2v) is 4.76. The number of fused-ring (bicyclic) bond motifs is 1. The number of nitrogens with zero attached hydrogens (tertiary/aromatic N) is 1. The molecule has 0 saturated heterocycles. The Kier molecular flexibility index (Phi) is 2.04. The van der Waals surface area contributed by atoms with E-state index in [9.17, 15) is 0 Å². The second-order valence-electron chi connectivity index (χ2n) is 4.33. The number of aliphatic imine (C=N–C) groups is 1. The van der Waals surface area contributed by atoms with E-state index < -0.39 is 0 Å². The zero-order valence-corrected chi connectivity index (χ0v) is 9.10. The molecule has 1 aromatic carbocycles. The number of halogens is 1. The number of benzene rings is 1. The van der Waals surface area contributed by atoms with Gasteiger partial charge in [0.2, 0.25) is 0 Å². The Bertz CT molecular complexity index is 408. The molecule has 0 amide bonds. The molecular formula is C11H13ClN2. The minimum Gasteiger partial charge on any atom is -0.387 e. The van der Waals surface area contributed by atoms with Crippen LogP contribution < -0.4 is 5.73 Å². The molecular weight excluding hydrogens is 196 g/mol. The summed E-state index contributed by atoms with van der Waals surface area (Å²) in [6.45, 7) is 4.31. The van der Waals surface area contributed by atoms with Crippen LogP contribution in [0.15, 0.2) is 23.2 Å². The van der Waals surface area contributed by atoms with E-state index in [-0.39, 0.29) is 5.41 Å². The van der Waals surface area contributed by atoms with Crippen LogP contribution in [0.5, 0.6) is 0 Å². The highest BCUT2D eigenvalue weighted by Crippen LogP contribution is 2.39. The predicted octanol–water partition coefficient (Wildman–Crippen LogP) is 3.01. The van der Waals surface area contributed by atoms with Crippen LogP contribution in [0, 0.1) is 0 Å². The predicted molar refractivity (Wildman–Crippen MR) is 60.4 cm³/mol. The van der Waals surface area contributed by atoms with E-state index in [1.807, 2.05) is 18.2 Å². The largest absolute Gasteiger partial charge is 0.387 e. The number of amidine groups is 1. The molecule has 74 valence electrons. The lowest BCUT2D eigenvalue weighted by Gasteiger charge is -2.30. The van der Waals surface area contributed by atoms with Gasteiger partial charge in [-0.15, -0.1) is 0 Å². The van der Waals surface area contributed by atoms with Crippen molar-refractivity contribution in [3.05, 3.63) is 28.8 Å². The first kappa shape index (κ1) is 9.53. The SMILES string of the molecule is CC1(C)CC(N)=Nc2ccc(Cl)cc21. The van der Waals surface area contributed by atoms with Crippen LogP contribution in [-0.4, -0.2) is 5.84 Å². The summed E-state index contributed by atoms with van der Waals surface area (Å²) in [4.78, 5) is 4.32. The van der Waals surface area contributed by atoms with Gasteiger partial charge in [-0.25, -0.2) is 4.99 Å². The summed E-state index contributed by atoms with van der Waals surface area (Å²) in [7, 11) is 0. The Morgan fingerprint density at radius 1 is 1.43 bits per heavy atom. The average molecular weight is 209 g/mol. The van der Waals surface area contributed by atoms with Gasteiger partial charge in [0, 0.05) is 11.4 Å². The third-order valence-electron chi connectivity index (χ3n) is 2.57. The summed E-state index contributed by atoms with van der Waals surface area (Å²) >= 11 is 5.96. The Labute approximate surface area is 88.8 Å². The number of nitrogens with two attached hydrogens (primary N) is 1. The van der Waals surface area contributed by atoms with Crippen LogP contribution in [0.25, 0.3) is 0 Å². The highest BCUT2D eigenvalue weighted by atomic mass is 35.5. The van der Waals surface area contributed by atoms with Crippen LogP contribution in [0.1, 0.15) is 25.8 Å². The minimum absolute atomic E-state index is 0.0338. The monoisotopic (exact) mass is 208 g/mol. The molecule has 0 radical (unpaired) electrons. The van der Waals surface area contributed by atoms with E-state index >= 15 is 0 Å². The van der Waals surface area contributed by atoms with Crippen molar-refractivity contribution in [2.24, 2.45) is 10.7 Å². The first-order valence-electron chi connectivity index (χ1n) is 4.62. The zero-order chi connectivity index (χ0) is 10.3. The molecule has 2 N–H and O–H groups in total. The van der Waals surface area contributed by atoms with Gasteiger partial charge < -0.3 is 5.73 Å². The van der Waals surface area contributed by atoms with Gasteiger partial charge >= 0.3 is 0 Å². The van der Waals surface area contributed by atoms with Gasteiger partial charge in [-0.3, -0.25) is 0 Å². The van der Waals surface area contributed by atoms with Gasteiger partial charge in [-0.1, -0.05) is 25.4 Å². The minimum atomic E-state index is 0.0338. The topological polar surface area (TPSA) is 38.4 Å². The molecule has 2 nitrogen and oxygen atoms in total. The highest BCUT2D eigenvalue weighted by molar-refractivity contribution is 6.30. The van der Waals surface area contributed by atoms with Crippen molar-refractivity contribution < 1.29 is 0 Å². The number of hydrogen-bond donors (Lipinski definition) is 1. The molecule has 0 saturated carbocycles. The van der Waals surface area contributed by atoms with Crippen LogP contribution in [0.3, 0.4) is 0 Å². The van der Waals surface area contributed by atoms with Gasteiger partial charge in [0.1, 0.15) is 5.84 Å². The summed E-state index contributed by atoms with van der Waals surface area (Å²) in [5.41, 5.74) is 7.94. The van der Waals surface area contributed by atoms with E-state index in [0.29, 0.717) is 5.84 Å². The van der Waals surface area contributed by atoms with Gasteiger partial charge in [0.25, 0.3) is 0 Å². The maximum absolute atomic E-state index is 5.96. The van der Waals surface area contributed by atoms with E-state index in [4.69, 9.17) is 17.3 Å². The molecule has 1 heterocycles. The molecule has 0 bridgehead atoms. The van der Waals surface area contributed by atoms with Crippen molar-refractivity contribution in [2.75, 3.05) is 0 Å². The lowest BCUT2D eigenvalue weighted by Crippen LogP contribution is -2.29. The van der Waals surface area contributed by atoms with E-state index in [1.54, 1.807) is 0 Å². The summed E-state index contributed by atoms with van der Waals surface area (Å²) in [6, 6.07) is 5.75. The van der Waals surface area contributed by atoms with Gasteiger partial charge in [-0.2, -0.15) is 0 Å². The van der Waals surface area contributed by atoms with Crippen LogP contribution in [0.2, 0.25) is 5.02 Å². The maximum Gasteiger partial charge on any atom is 0.100 e. The lowest BCUT2D eigenvalue weighted by atomic mass is 9.79. The lowest BCUT2D eigenvalue weighted by molar-refractivity contribution is 0.542. The Hall–Kier alpha value is -1.02. The first-order chi connectivity index (χ1) is 6.49. The van der Waals surface area contributed by atoms with Crippen molar-refractivity contribution in [3.8, 4) is 0 Å². The van der Waals surface area contributed by atoms with Crippen molar-refractivity contribution in [1.82, 2.24) is 0 Å². The van der Waals surface area contributed by atoms with Crippen molar-refractivity contribution in [1.29, 1.82) is 0 Å². The highest BCUT2D eigenvalue weighted by Gasteiger charge is 2.28. The quantitative estimate of drug-likeness (QED) is 0.700. The molecule has 0 aliphatic carbocycles. The maximum atomic E-state index is 5.96. The first-order valence-corrected chi connectivity index (χ1v) is 5.00. The summed E-state index contributed by atoms with van der Waals surface area (Å²) < 4.78 is 0. The van der Waals surface area contributed by atoms with Gasteiger partial charge in [-0.05, 0) is 29.2 Å². The van der Waals surface area contributed by atoms with Crippen LogP contribution in [0.4, 0.5) is 5.69 Å². The van der Waals surface area contributed by atoms with E-state index in [1.165, 1.54) is 5.56 Å². The standard InChI is InChI=1S/C11H13ClN2/c1-11(2)6-10(13)14-9-4-3-7(12)5-8(9)11/h3-5H,6H2,1-2H3,(H2,13,14). The normalized spacial score (nSPS) is 18.6. The average Bonchev–Trinajstić information content (AvgIpc) is 2.05. The van der Waals surface area contributed by atoms with Crippen molar-refractivity contribution in [3.63, 3.8) is 0 Å². The van der Waals surface area contributed by atoms with Gasteiger partial charge in [0.05, 0.1) is 5.69 Å². The van der Waals surface area contributed by atoms with Crippen LogP contribution >= 0.6 is 11.6 Å². The summed E-state index contributed by atoms with van der Waals surface area (Å²) in [5.74, 6) is 0.699. The molecule has 1 aromatic rings. The molecule has 14 heavy (non-hydrogen) atoms. The third-order valence-corrected chi connectivity index (χ3v) is 2.81. The van der Waals surface area contributed by atoms with Crippen molar-refractivity contribution in [2.45, 2.75) is 25.7 Å². The number of hydrogen-bond acceptors (Lipinski definition) is 2. The molecule has 0 atom stereocenters. The second kappa shape index (κ2) is 2.99. The van der Waals surface area contributed by atoms with Crippen molar-refractivity contribution >= 4 is 23.1 Å². The number of rotatable bonds is 0. The smallest absolute Gasteiger partial charge is 0.100 e. The zero-order valence-electron chi connectivity index (χ0n) is 8.34. The molecule has 1 aliphatic rings. The summed E-state index contributed by atoms with van der Waals surface area (Å²) in [5, 5.41) is 0.757. The molecule has 0 spiro atoms. The van der Waals surface area contributed by atoms with Crippen LogP contribution in [-0.2, 0) is 5.41 Å². The molecule has 2 rings (SSSR count). The van der Waals surface area contributed by atoms with E-state index in [2.05, 4.69) is 18.8 Å². The Morgan fingerprint density at radius 2 is 2.14 bits per heavy atom.